The molecular weight excluding hydrogens is 397 g/mol. The maximum atomic E-state index is 13.2. The van der Waals surface area contributed by atoms with Gasteiger partial charge in [0.25, 0.3) is 5.91 Å². The smallest absolute Gasteiger partial charge is 0.416 e. The number of carbonyl (C=O) groups is 2. The third-order valence-electron chi connectivity index (χ3n) is 5.96. The Labute approximate surface area is 171 Å². The van der Waals surface area contributed by atoms with Crippen LogP contribution in [0.25, 0.3) is 0 Å². The first-order valence-corrected chi connectivity index (χ1v) is 9.71. The summed E-state index contributed by atoms with van der Waals surface area (Å²) in [4.78, 5) is 27.9. The molecule has 4 rings (SSSR count). The number of carboxylic acid groups (broad SMARTS) is 1. The molecule has 2 aliphatic rings. The van der Waals surface area contributed by atoms with E-state index in [4.69, 9.17) is 5.11 Å². The maximum absolute atomic E-state index is 13.2. The lowest BCUT2D eigenvalue weighted by molar-refractivity contribution is -0.138. The fourth-order valence-corrected chi connectivity index (χ4v) is 4.71. The van der Waals surface area contributed by atoms with Crippen molar-refractivity contribution in [1.82, 2.24) is 9.80 Å². The lowest BCUT2D eigenvalue weighted by Gasteiger charge is -2.30. The average Bonchev–Trinajstić information content (AvgIpc) is 3.24. The number of hydrogen-bond donors (Lipinski definition) is 1. The first-order valence-electron chi connectivity index (χ1n) is 9.71. The monoisotopic (exact) mass is 418 g/mol. The molecule has 0 bridgehead atoms. The number of halogens is 3. The van der Waals surface area contributed by atoms with Crippen LogP contribution in [0.15, 0.2) is 54.6 Å². The maximum Gasteiger partial charge on any atom is 0.416 e. The largest absolute Gasteiger partial charge is 0.480 e. The van der Waals surface area contributed by atoms with Crippen molar-refractivity contribution < 1.29 is 27.9 Å². The van der Waals surface area contributed by atoms with Crippen molar-refractivity contribution >= 4 is 11.9 Å². The molecule has 2 saturated heterocycles. The number of likely N-dealkylation sites (tertiary alicyclic amines) is 2. The SMILES string of the molecule is O=C(O)CN1C[C@H]2CN(C(=O)c3ccc(C(F)(F)F)cc3)[C@H](c3ccccc3)[C@H]2C1. The summed E-state index contributed by atoms with van der Waals surface area (Å²) in [6.45, 7) is 1.55. The van der Waals surface area contributed by atoms with Gasteiger partial charge in [-0.05, 0) is 35.7 Å². The molecule has 158 valence electrons. The highest BCUT2D eigenvalue weighted by atomic mass is 19.4. The molecule has 0 spiro atoms. The van der Waals surface area contributed by atoms with E-state index in [-0.39, 0.29) is 35.9 Å². The van der Waals surface area contributed by atoms with Gasteiger partial charge in [-0.15, -0.1) is 0 Å². The molecule has 2 aromatic rings. The Bertz CT molecular complexity index is 931. The zero-order chi connectivity index (χ0) is 21.5. The predicted octanol–water partition coefficient (Wildman–Crippen LogP) is 3.54. The minimum absolute atomic E-state index is 0.0403. The minimum atomic E-state index is -4.45. The van der Waals surface area contributed by atoms with Crippen LogP contribution in [-0.4, -0.2) is 53.0 Å². The van der Waals surface area contributed by atoms with Gasteiger partial charge in [0.1, 0.15) is 0 Å². The highest BCUT2D eigenvalue weighted by molar-refractivity contribution is 5.94. The molecule has 2 aromatic carbocycles. The molecule has 0 radical (unpaired) electrons. The molecule has 1 N–H and O–H groups in total. The van der Waals surface area contributed by atoms with E-state index in [9.17, 15) is 22.8 Å². The summed E-state index contributed by atoms with van der Waals surface area (Å²) in [6.07, 6.45) is -4.45. The van der Waals surface area contributed by atoms with Crippen molar-refractivity contribution in [2.24, 2.45) is 11.8 Å². The fraction of sp³-hybridized carbons (Fsp3) is 0.364. The van der Waals surface area contributed by atoms with E-state index < -0.39 is 17.7 Å². The Morgan fingerprint density at radius 2 is 1.63 bits per heavy atom. The molecule has 2 heterocycles. The molecule has 0 saturated carbocycles. The molecule has 2 aliphatic heterocycles. The third-order valence-corrected chi connectivity index (χ3v) is 5.96. The highest BCUT2D eigenvalue weighted by Crippen LogP contribution is 2.45. The molecule has 8 heteroatoms. The van der Waals surface area contributed by atoms with Gasteiger partial charge in [0, 0.05) is 31.1 Å². The zero-order valence-electron chi connectivity index (χ0n) is 16.0. The number of carbonyl (C=O) groups excluding carboxylic acids is 1. The van der Waals surface area contributed by atoms with Crippen molar-refractivity contribution in [1.29, 1.82) is 0 Å². The van der Waals surface area contributed by atoms with Crippen LogP contribution in [0.4, 0.5) is 13.2 Å². The fourth-order valence-electron chi connectivity index (χ4n) is 4.71. The number of alkyl halides is 3. The van der Waals surface area contributed by atoms with Gasteiger partial charge in [-0.2, -0.15) is 13.2 Å². The van der Waals surface area contributed by atoms with Crippen LogP contribution in [0, 0.1) is 11.8 Å². The summed E-state index contributed by atoms with van der Waals surface area (Å²) in [6, 6.07) is 13.6. The number of aliphatic carboxylic acids is 1. The van der Waals surface area contributed by atoms with Crippen LogP contribution >= 0.6 is 0 Å². The summed E-state index contributed by atoms with van der Waals surface area (Å²) in [7, 11) is 0. The summed E-state index contributed by atoms with van der Waals surface area (Å²) < 4.78 is 38.5. The molecular formula is C22H21F3N2O3. The summed E-state index contributed by atoms with van der Waals surface area (Å²) in [5.41, 5.74) is 0.370. The number of rotatable bonds is 4. The van der Waals surface area contributed by atoms with Crippen molar-refractivity contribution in [2.75, 3.05) is 26.2 Å². The number of amides is 1. The first kappa shape index (κ1) is 20.4. The van der Waals surface area contributed by atoms with E-state index in [1.807, 2.05) is 35.2 Å². The number of fused-ring (bicyclic) bond motifs is 1. The van der Waals surface area contributed by atoms with Crippen molar-refractivity contribution in [2.45, 2.75) is 12.2 Å². The number of nitrogens with zero attached hydrogens (tertiary/aromatic N) is 2. The second kappa shape index (κ2) is 7.75. The van der Waals surface area contributed by atoms with Crippen molar-refractivity contribution in [3.05, 3.63) is 71.3 Å². The van der Waals surface area contributed by atoms with Gasteiger partial charge in [-0.3, -0.25) is 14.5 Å². The van der Waals surface area contributed by atoms with E-state index in [2.05, 4.69) is 0 Å². The highest BCUT2D eigenvalue weighted by Gasteiger charge is 2.49. The van der Waals surface area contributed by atoms with Gasteiger partial charge in [0.05, 0.1) is 18.2 Å². The van der Waals surface area contributed by atoms with Crippen LogP contribution in [0.2, 0.25) is 0 Å². The topological polar surface area (TPSA) is 60.9 Å². The minimum Gasteiger partial charge on any atom is -0.480 e. The Kier molecular flexibility index (Phi) is 5.27. The molecule has 0 aliphatic carbocycles. The average molecular weight is 418 g/mol. The normalized spacial score (nSPS) is 24.1. The van der Waals surface area contributed by atoms with E-state index >= 15 is 0 Å². The van der Waals surface area contributed by atoms with Gasteiger partial charge < -0.3 is 10.0 Å². The summed E-state index contributed by atoms with van der Waals surface area (Å²) in [5, 5.41) is 9.10. The Balaban J connectivity index is 1.61. The van der Waals surface area contributed by atoms with Crippen LogP contribution in [0.5, 0.6) is 0 Å². The van der Waals surface area contributed by atoms with Gasteiger partial charge in [-0.25, -0.2) is 0 Å². The van der Waals surface area contributed by atoms with E-state index in [0.717, 1.165) is 17.7 Å². The summed E-state index contributed by atoms with van der Waals surface area (Å²) in [5.74, 6) is -1.00. The number of carboxylic acids is 1. The Morgan fingerprint density at radius 3 is 2.23 bits per heavy atom. The van der Waals surface area contributed by atoms with Crippen molar-refractivity contribution in [3.63, 3.8) is 0 Å². The predicted molar refractivity (Wildman–Crippen MR) is 103 cm³/mol. The molecule has 2 fully saturated rings. The van der Waals surface area contributed by atoms with E-state index in [0.29, 0.717) is 19.6 Å². The second-order valence-corrected chi connectivity index (χ2v) is 7.90. The number of benzene rings is 2. The lowest BCUT2D eigenvalue weighted by atomic mass is 9.89. The van der Waals surface area contributed by atoms with Crippen LogP contribution in [0.1, 0.15) is 27.5 Å². The quantitative estimate of drug-likeness (QED) is 0.825. The molecule has 5 nitrogen and oxygen atoms in total. The molecule has 0 unspecified atom stereocenters. The van der Waals surface area contributed by atoms with Crippen LogP contribution < -0.4 is 0 Å². The Hall–Kier alpha value is -2.87. The zero-order valence-corrected chi connectivity index (χ0v) is 16.0. The van der Waals surface area contributed by atoms with Crippen LogP contribution in [0.3, 0.4) is 0 Å². The molecule has 0 aromatic heterocycles. The van der Waals surface area contributed by atoms with Gasteiger partial charge in [0.15, 0.2) is 0 Å². The van der Waals surface area contributed by atoms with E-state index in [1.54, 1.807) is 4.90 Å². The van der Waals surface area contributed by atoms with Gasteiger partial charge >= 0.3 is 12.1 Å². The van der Waals surface area contributed by atoms with E-state index in [1.165, 1.54) is 12.1 Å². The molecule has 3 atom stereocenters. The third kappa shape index (κ3) is 3.92. The Morgan fingerprint density at radius 1 is 0.967 bits per heavy atom. The number of hydrogen-bond acceptors (Lipinski definition) is 3. The molecule has 1 amide bonds. The second-order valence-electron chi connectivity index (χ2n) is 7.90. The van der Waals surface area contributed by atoms with Gasteiger partial charge in [0.2, 0.25) is 0 Å². The standard InChI is InChI=1S/C22H21F3N2O3/c23-22(24,25)17-8-6-15(7-9-17)21(30)27-11-16-10-26(13-19(28)29)12-18(16)20(27)14-4-2-1-3-5-14/h1-9,16,18,20H,10-13H2,(H,28,29)/t16-,18-,20+/m0/s1. The first-order chi connectivity index (χ1) is 14.2. The van der Waals surface area contributed by atoms with Crippen molar-refractivity contribution in [3.8, 4) is 0 Å². The lowest BCUT2D eigenvalue weighted by Crippen LogP contribution is -2.37. The summed E-state index contributed by atoms with van der Waals surface area (Å²) >= 11 is 0. The van der Waals surface area contributed by atoms with Crippen LogP contribution in [-0.2, 0) is 11.0 Å². The molecule has 30 heavy (non-hydrogen) atoms. The van der Waals surface area contributed by atoms with Gasteiger partial charge in [-0.1, -0.05) is 30.3 Å².